The van der Waals surface area contributed by atoms with Crippen molar-refractivity contribution in [2.45, 2.75) is 53.2 Å². The minimum Gasteiger partial charge on any atom is -0.356 e. The maximum Gasteiger partial charge on any atom is 0.237 e. The van der Waals surface area contributed by atoms with E-state index in [-0.39, 0.29) is 23.8 Å². The second-order valence-electron chi connectivity index (χ2n) is 7.67. The molecule has 0 spiro atoms. The maximum atomic E-state index is 13.0. The minimum atomic E-state index is -0.290. The number of hydrogen-bond acceptors (Lipinski definition) is 4. The number of nitrogens with zero attached hydrogens (tertiary/aromatic N) is 2. The molecule has 0 aliphatic carbocycles. The molecule has 0 bridgehead atoms. The predicted octanol–water partition coefficient (Wildman–Crippen LogP) is 4.41. The number of halogens is 1. The van der Waals surface area contributed by atoms with Crippen molar-refractivity contribution in [3.05, 3.63) is 54.0 Å². The Hall–Kier alpha value is -2.47. The lowest BCUT2D eigenvalue weighted by molar-refractivity contribution is -0.129. The van der Waals surface area contributed by atoms with Gasteiger partial charge in [-0.1, -0.05) is 38.1 Å². The van der Waals surface area contributed by atoms with Crippen LogP contribution in [0.3, 0.4) is 0 Å². The number of benzene rings is 1. The number of carbonyl (C=O) groups is 1. The van der Waals surface area contributed by atoms with E-state index in [1.165, 1.54) is 12.1 Å². The van der Waals surface area contributed by atoms with Crippen LogP contribution in [0.5, 0.6) is 0 Å². The molecule has 152 valence electrons. The van der Waals surface area contributed by atoms with E-state index in [2.05, 4.69) is 36.1 Å². The van der Waals surface area contributed by atoms with Crippen LogP contribution in [0.1, 0.15) is 40.3 Å². The molecule has 1 saturated heterocycles. The Bertz CT molecular complexity index is 781. The quantitative estimate of drug-likeness (QED) is 0.790. The van der Waals surface area contributed by atoms with Crippen molar-refractivity contribution in [1.82, 2.24) is 15.4 Å². The number of amides is 1. The zero-order valence-electron chi connectivity index (χ0n) is 17.3. The van der Waals surface area contributed by atoms with Gasteiger partial charge in [-0.05, 0) is 44.0 Å². The number of hydrogen-bond donors (Lipinski definition) is 1. The topological polar surface area (TPSA) is 58.4 Å². The van der Waals surface area contributed by atoms with Gasteiger partial charge in [-0.25, -0.2) is 4.39 Å². The number of nitrogens with one attached hydrogen (secondary N) is 1. The Morgan fingerprint density at radius 2 is 1.96 bits per heavy atom. The summed E-state index contributed by atoms with van der Waals surface area (Å²) in [5.41, 5.74) is 1.52. The summed E-state index contributed by atoms with van der Waals surface area (Å²) in [5.74, 6) is 1.14. The van der Waals surface area contributed by atoms with Gasteiger partial charge >= 0.3 is 0 Å². The van der Waals surface area contributed by atoms with Gasteiger partial charge in [0.2, 0.25) is 5.91 Å². The number of allylic oxidation sites excluding steroid dienone is 1. The molecule has 1 aromatic carbocycles. The largest absolute Gasteiger partial charge is 0.356 e. The number of piperazine rings is 1. The van der Waals surface area contributed by atoms with Gasteiger partial charge in [0.25, 0.3) is 0 Å². The molecule has 28 heavy (non-hydrogen) atoms. The molecule has 0 radical (unpaired) electrons. The molecule has 1 aliphatic rings. The molecule has 1 aliphatic heterocycles. The highest BCUT2D eigenvalue weighted by atomic mass is 19.1. The fourth-order valence-corrected chi connectivity index (χ4v) is 2.81. The van der Waals surface area contributed by atoms with E-state index >= 15 is 0 Å². The van der Waals surface area contributed by atoms with Crippen LogP contribution in [-0.4, -0.2) is 34.6 Å². The highest BCUT2D eigenvalue weighted by Crippen LogP contribution is 2.22. The van der Waals surface area contributed by atoms with Crippen molar-refractivity contribution in [3.8, 4) is 11.3 Å². The molecule has 6 heteroatoms. The van der Waals surface area contributed by atoms with E-state index in [9.17, 15) is 9.18 Å². The van der Waals surface area contributed by atoms with Gasteiger partial charge in [0.05, 0.1) is 17.8 Å². The minimum absolute atomic E-state index is 0.00201. The molecule has 3 rings (SSSR count). The van der Waals surface area contributed by atoms with Crippen molar-refractivity contribution in [2.24, 2.45) is 5.92 Å². The maximum absolute atomic E-state index is 13.0. The molecule has 2 heterocycles. The monoisotopic (exact) mass is 387 g/mol. The molecule has 1 aromatic heterocycles. The molecular weight excluding hydrogens is 357 g/mol. The van der Waals surface area contributed by atoms with Crippen molar-refractivity contribution in [3.63, 3.8) is 0 Å². The van der Waals surface area contributed by atoms with Crippen LogP contribution in [0.2, 0.25) is 0 Å². The molecule has 1 fully saturated rings. The Balaban J connectivity index is 0.000000640. The predicted molar refractivity (Wildman–Crippen MR) is 109 cm³/mol. The number of aromatic nitrogens is 1. The summed E-state index contributed by atoms with van der Waals surface area (Å²) in [4.78, 5) is 14.1. The lowest BCUT2D eigenvalue weighted by atomic mass is 10.1. The van der Waals surface area contributed by atoms with E-state index < -0.39 is 0 Å². The third kappa shape index (κ3) is 6.30. The van der Waals surface area contributed by atoms with Crippen LogP contribution in [0.15, 0.2) is 47.0 Å². The van der Waals surface area contributed by atoms with Crippen LogP contribution in [0, 0.1) is 11.7 Å². The van der Waals surface area contributed by atoms with Gasteiger partial charge in [0.15, 0.2) is 5.76 Å². The molecule has 0 saturated carbocycles. The van der Waals surface area contributed by atoms with Crippen molar-refractivity contribution < 1.29 is 13.7 Å². The normalized spacial score (nSPS) is 20.2. The molecule has 2 aromatic rings. The lowest BCUT2D eigenvalue weighted by Gasteiger charge is -2.36. The Labute approximate surface area is 166 Å². The highest BCUT2D eigenvalue weighted by Gasteiger charge is 2.30. The molecule has 2 unspecified atom stereocenters. The third-order valence-electron chi connectivity index (χ3n) is 4.16. The van der Waals surface area contributed by atoms with Crippen LogP contribution < -0.4 is 5.32 Å². The van der Waals surface area contributed by atoms with Crippen molar-refractivity contribution in [2.75, 3.05) is 6.54 Å². The zero-order chi connectivity index (χ0) is 20.7. The fourth-order valence-electron chi connectivity index (χ4n) is 2.81. The Morgan fingerprint density at radius 3 is 2.57 bits per heavy atom. The van der Waals surface area contributed by atoms with Crippen molar-refractivity contribution >= 4 is 5.91 Å². The van der Waals surface area contributed by atoms with Gasteiger partial charge in [-0.3, -0.25) is 9.69 Å². The van der Waals surface area contributed by atoms with Gasteiger partial charge in [0, 0.05) is 24.7 Å². The summed E-state index contributed by atoms with van der Waals surface area (Å²) in [6.07, 6.45) is 3.91. The van der Waals surface area contributed by atoms with Crippen molar-refractivity contribution in [1.29, 1.82) is 0 Å². The lowest BCUT2D eigenvalue weighted by Crippen LogP contribution is -2.57. The van der Waals surface area contributed by atoms with Gasteiger partial charge < -0.3 is 9.84 Å². The van der Waals surface area contributed by atoms with Gasteiger partial charge in [0.1, 0.15) is 5.82 Å². The summed E-state index contributed by atoms with van der Waals surface area (Å²) in [6.45, 7) is 11.5. The standard InChI is InChI=1S/C18H20FN3O2.C4H10/c1-3-4-15-10-22(12(2)18(23)20-15)11-16-9-17(24-21-16)13-5-7-14(19)8-6-13;1-4(2)3/h3-9,12,15H,10-11H2,1-2H3,(H,20,23);4H,1-3H3/b4-3+;. The summed E-state index contributed by atoms with van der Waals surface area (Å²) in [6, 6.07) is 7.68. The average molecular weight is 387 g/mol. The SMILES string of the molecule is C/C=C/C1CN(Cc2cc(-c3ccc(F)cc3)on2)C(C)C(=O)N1.CC(C)C. The first kappa shape index (κ1) is 21.8. The first-order valence-corrected chi connectivity index (χ1v) is 9.69. The average Bonchev–Trinajstić information content (AvgIpc) is 3.08. The van der Waals surface area contributed by atoms with Gasteiger partial charge in [-0.15, -0.1) is 0 Å². The molecule has 5 nitrogen and oxygen atoms in total. The fraction of sp³-hybridized carbons (Fsp3) is 0.455. The van der Waals surface area contributed by atoms with E-state index in [1.54, 1.807) is 12.1 Å². The summed E-state index contributed by atoms with van der Waals surface area (Å²) < 4.78 is 18.4. The molecule has 1 N–H and O–H groups in total. The van der Waals surface area contributed by atoms with E-state index in [0.29, 0.717) is 12.3 Å². The van der Waals surface area contributed by atoms with Crippen LogP contribution in [0.25, 0.3) is 11.3 Å². The first-order valence-electron chi connectivity index (χ1n) is 9.69. The van der Waals surface area contributed by atoms with E-state index in [1.807, 2.05) is 32.1 Å². The summed E-state index contributed by atoms with van der Waals surface area (Å²) in [7, 11) is 0. The van der Waals surface area contributed by atoms with Crippen LogP contribution in [-0.2, 0) is 11.3 Å². The Kier molecular flexibility index (Phi) is 7.93. The molecule has 1 amide bonds. The number of carbonyl (C=O) groups excluding carboxylic acids is 1. The number of rotatable bonds is 4. The van der Waals surface area contributed by atoms with Gasteiger partial charge in [-0.2, -0.15) is 0 Å². The zero-order valence-corrected chi connectivity index (χ0v) is 17.3. The first-order chi connectivity index (χ1) is 13.3. The molecule has 2 atom stereocenters. The van der Waals surface area contributed by atoms with Crippen LogP contribution in [0.4, 0.5) is 4.39 Å². The third-order valence-corrected chi connectivity index (χ3v) is 4.16. The Morgan fingerprint density at radius 1 is 1.32 bits per heavy atom. The summed E-state index contributed by atoms with van der Waals surface area (Å²) in [5, 5.41) is 7.05. The van der Waals surface area contributed by atoms with E-state index in [0.717, 1.165) is 23.7 Å². The second-order valence-corrected chi connectivity index (χ2v) is 7.67. The smallest absolute Gasteiger partial charge is 0.237 e. The second kappa shape index (κ2) is 10.2. The summed E-state index contributed by atoms with van der Waals surface area (Å²) >= 11 is 0. The molecular formula is C22H30FN3O2. The van der Waals surface area contributed by atoms with Crippen LogP contribution >= 0.6 is 0 Å². The van der Waals surface area contributed by atoms with E-state index in [4.69, 9.17) is 4.52 Å². The highest BCUT2D eigenvalue weighted by molar-refractivity contribution is 5.82.